The molecule has 0 saturated carbocycles. The summed E-state index contributed by atoms with van der Waals surface area (Å²) in [5.74, 6) is -0.609. The summed E-state index contributed by atoms with van der Waals surface area (Å²) >= 11 is 1.25. The lowest BCUT2D eigenvalue weighted by Crippen LogP contribution is -2.38. The number of ether oxygens (including phenoxy) is 1. The summed E-state index contributed by atoms with van der Waals surface area (Å²) in [6, 6.07) is 7.55. The molecule has 0 bridgehead atoms. The van der Waals surface area contributed by atoms with Crippen molar-refractivity contribution in [3.63, 3.8) is 0 Å². The molecule has 3 heterocycles. The van der Waals surface area contributed by atoms with E-state index < -0.39 is 17.2 Å². The molecule has 1 saturated heterocycles. The van der Waals surface area contributed by atoms with Crippen LogP contribution in [-0.2, 0) is 10.3 Å². The summed E-state index contributed by atoms with van der Waals surface area (Å²) in [5, 5.41) is -0.109. The van der Waals surface area contributed by atoms with E-state index in [2.05, 4.69) is 9.98 Å². The standard InChI is InChI=1S/C26H30F2N4O2S/c1-16-12-23(24(33)32-10-4-5-11-32)35-25(29)31-26(16,2)19-13-17(6-8-20(19)27)14-21(28)22-9-7-18(34-3)15-30-22/h6-9,13-16,23H,4-5,10-12H2,1-3H3,(H2,29,31)/b21-14-/t16?,23-,26+/m1/s1. The van der Waals surface area contributed by atoms with E-state index in [1.54, 1.807) is 12.1 Å². The highest BCUT2D eigenvalue weighted by Gasteiger charge is 2.42. The topological polar surface area (TPSA) is 80.8 Å². The van der Waals surface area contributed by atoms with Crippen LogP contribution in [0.25, 0.3) is 11.9 Å². The molecular formula is C26H30F2N4O2S. The quantitative estimate of drug-likeness (QED) is 0.626. The molecule has 0 spiro atoms. The Labute approximate surface area is 208 Å². The van der Waals surface area contributed by atoms with Crippen LogP contribution in [0.5, 0.6) is 5.75 Å². The van der Waals surface area contributed by atoms with Crippen molar-refractivity contribution in [3.8, 4) is 5.75 Å². The maximum Gasteiger partial charge on any atom is 0.236 e. The first-order valence-corrected chi connectivity index (χ1v) is 12.6. The van der Waals surface area contributed by atoms with Crippen LogP contribution in [0, 0.1) is 11.7 Å². The predicted molar refractivity (Wildman–Crippen MR) is 136 cm³/mol. The molecule has 1 amide bonds. The van der Waals surface area contributed by atoms with Gasteiger partial charge in [0, 0.05) is 18.7 Å². The fourth-order valence-corrected chi connectivity index (χ4v) is 5.78. The first-order valence-electron chi connectivity index (χ1n) is 11.7. The van der Waals surface area contributed by atoms with E-state index in [1.807, 2.05) is 18.7 Å². The van der Waals surface area contributed by atoms with E-state index >= 15 is 4.39 Å². The lowest BCUT2D eigenvalue weighted by molar-refractivity contribution is -0.129. The number of methoxy groups -OCH3 is 1. The van der Waals surface area contributed by atoms with Crippen LogP contribution in [0.4, 0.5) is 8.78 Å². The van der Waals surface area contributed by atoms with Crippen molar-refractivity contribution in [2.75, 3.05) is 20.2 Å². The number of nitrogens with zero attached hydrogens (tertiary/aromatic N) is 3. The van der Waals surface area contributed by atoms with Gasteiger partial charge < -0.3 is 15.4 Å². The molecule has 1 aromatic heterocycles. The van der Waals surface area contributed by atoms with Gasteiger partial charge in [-0.3, -0.25) is 9.79 Å². The number of aromatic nitrogens is 1. The molecule has 186 valence electrons. The highest BCUT2D eigenvalue weighted by atomic mass is 32.2. The van der Waals surface area contributed by atoms with Gasteiger partial charge in [0.25, 0.3) is 0 Å². The van der Waals surface area contributed by atoms with E-state index in [1.165, 1.54) is 49.3 Å². The van der Waals surface area contributed by atoms with Crippen molar-refractivity contribution in [2.24, 2.45) is 16.6 Å². The predicted octanol–water partition coefficient (Wildman–Crippen LogP) is 4.99. The Bertz CT molecular complexity index is 1150. The third-order valence-electron chi connectivity index (χ3n) is 6.87. The number of amides is 1. The van der Waals surface area contributed by atoms with Crippen LogP contribution in [0.1, 0.15) is 49.9 Å². The maximum absolute atomic E-state index is 15.1. The second-order valence-electron chi connectivity index (χ2n) is 9.19. The van der Waals surface area contributed by atoms with Crippen molar-refractivity contribution in [2.45, 2.75) is 43.9 Å². The van der Waals surface area contributed by atoms with Gasteiger partial charge in [-0.05, 0) is 68.0 Å². The number of benzene rings is 1. The van der Waals surface area contributed by atoms with Gasteiger partial charge >= 0.3 is 0 Å². The zero-order valence-corrected chi connectivity index (χ0v) is 20.9. The van der Waals surface area contributed by atoms with Gasteiger partial charge in [0.2, 0.25) is 5.91 Å². The van der Waals surface area contributed by atoms with Gasteiger partial charge in [-0.15, -0.1) is 0 Å². The molecule has 2 aliphatic heterocycles. The molecule has 3 atom stereocenters. The minimum Gasteiger partial charge on any atom is -0.495 e. The Hall–Kier alpha value is -2.94. The van der Waals surface area contributed by atoms with Gasteiger partial charge in [0.05, 0.1) is 29.8 Å². The molecule has 6 nitrogen and oxygen atoms in total. The maximum atomic E-state index is 15.1. The van der Waals surface area contributed by atoms with Gasteiger partial charge in [-0.25, -0.2) is 13.8 Å². The summed E-state index contributed by atoms with van der Waals surface area (Å²) in [5.41, 5.74) is 6.15. The van der Waals surface area contributed by atoms with Crippen LogP contribution in [0.15, 0.2) is 41.5 Å². The van der Waals surface area contributed by atoms with Gasteiger partial charge in [0.1, 0.15) is 17.4 Å². The van der Waals surface area contributed by atoms with Crippen molar-refractivity contribution < 1.29 is 18.3 Å². The summed E-state index contributed by atoms with van der Waals surface area (Å²) in [7, 11) is 1.51. The molecule has 0 radical (unpaired) electrons. The van der Waals surface area contributed by atoms with E-state index in [9.17, 15) is 9.18 Å². The summed E-state index contributed by atoms with van der Waals surface area (Å²) in [6.07, 6.45) is 5.26. The third kappa shape index (κ3) is 5.34. The van der Waals surface area contributed by atoms with Crippen LogP contribution >= 0.6 is 11.8 Å². The summed E-state index contributed by atoms with van der Waals surface area (Å²) < 4.78 is 35.1. The fourth-order valence-electron chi connectivity index (χ4n) is 4.61. The minimum absolute atomic E-state index is 0.0629. The van der Waals surface area contributed by atoms with Crippen molar-refractivity contribution in [3.05, 3.63) is 59.2 Å². The third-order valence-corrected chi connectivity index (χ3v) is 7.88. The molecule has 2 N–H and O–H groups in total. The largest absolute Gasteiger partial charge is 0.495 e. The summed E-state index contributed by atoms with van der Waals surface area (Å²) in [4.78, 5) is 23.7. The number of pyridine rings is 1. The van der Waals surface area contributed by atoms with E-state index in [0.29, 0.717) is 23.3 Å². The van der Waals surface area contributed by atoms with Gasteiger partial charge in [0.15, 0.2) is 5.17 Å². The molecule has 2 aliphatic rings. The fraction of sp³-hybridized carbons (Fsp3) is 0.423. The van der Waals surface area contributed by atoms with Crippen LogP contribution in [-0.4, -0.2) is 46.4 Å². The molecular weight excluding hydrogens is 470 g/mol. The number of hydrogen-bond donors (Lipinski definition) is 1. The second kappa shape index (κ2) is 10.4. The van der Waals surface area contributed by atoms with Crippen molar-refractivity contribution >= 4 is 34.7 Å². The second-order valence-corrected chi connectivity index (χ2v) is 10.4. The zero-order valence-electron chi connectivity index (χ0n) is 20.1. The number of carbonyl (C=O) groups excluding carboxylic acids is 1. The number of amidine groups is 1. The van der Waals surface area contributed by atoms with Crippen molar-refractivity contribution in [1.29, 1.82) is 0 Å². The average molecular weight is 501 g/mol. The van der Waals surface area contributed by atoms with Crippen molar-refractivity contribution in [1.82, 2.24) is 9.88 Å². The SMILES string of the molecule is COc1ccc(/C(F)=C/c2ccc(F)c([C@@]3(C)N=C(N)S[C@@H](C(=O)N4CCCC4)CC3C)c2)nc1. The van der Waals surface area contributed by atoms with E-state index in [0.717, 1.165) is 25.9 Å². The zero-order chi connectivity index (χ0) is 25.2. The highest BCUT2D eigenvalue weighted by molar-refractivity contribution is 8.14. The number of aliphatic imine (C=N–C) groups is 1. The Balaban J connectivity index is 1.63. The molecule has 1 fully saturated rings. The lowest BCUT2D eigenvalue weighted by Gasteiger charge is -2.33. The number of carbonyl (C=O) groups is 1. The number of hydrogen-bond acceptors (Lipinski definition) is 6. The smallest absolute Gasteiger partial charge is 0.236 e. The normalized spacial score (nSPS) is 25.2. The Kier molecular flexibility index (Phi) is 7.44. The van der Waals surface area contributed by atoms with Gasteiger partial charge in [-0.2, -0.15) is 0 Å². The number of halogens is 2. The highest BCUT2D eigenvalue weighted by Crippen LogP contribution is 2.43. The lowest BCUT2D eigenvalue weighted by atomic mass is 9.78. The molecule has 9 heteroatoms. The van der Waals surface area contributed by atoms with Crippen LogP contribution < -0.4 is 10.5 Å². The van der Waals surface area contributed by atoms with E-state index in [4.69, 9.17) is 10.5 Å². The Morgan fingerprint density at radius 2 is 2.03 bits per heavy atom. The minimum atomic E-state index is -1.01. The van der Waals surface area contributed by atoms with Gasteiger partial charge in [-0.1, -0.05) is 24.8 Å². The van der Waals surface area contributed by atoms with E-state index in [-0.39, 0.29) is 27.9 Å². The summed E-state index contributed by atoms with van der Waals surface area (Å²) in [6.45, 7) is 5.30. The molecule has 2 aromatic rings. The molecule has 4 rings (SSSR count). The molecule has 1 aromatic carbocycles. The first kappa shape index (κ1) is 25.2. The number of likely N-dealkylation sites (tertiary alicyclic amines) is 1. The molecule has 1 unspecified atom stereocenters. The monoisotopic (exact) mass is 500 g/mol. The number of thioether (sulfide) groups is 1. The first-order chi connectivity index (χ1) is 16.7. The number of rotatable bonds is 5. The average Bonchev–Trinajstić information content (AvgIpc) is 3.35. The Morgan fingerprint density at radius 3 is 2.69 bits per heavy atom. The molecule has 35 heavy (non-hydrogen) atoms. The Morgan fingerprint density at radius 1 is 1.29 bits per heavy atom. The number of nitrogens with two attached hydrogens (primary N) is 1. The van der Waals surface area contributed by atoms with Crippen LogP contribution in [0.2, 0.25) is 0 Å². The molecule has 0 aliphatic carbocycles. The van der Waals surface area contributed by atoms with Crippen LogP contribution in [0.3, 0.4) is 0 Å².